The highest BCUT2D eigenvalue weighted by Gasteiger charge is 2.60. The first-order chi connectivity index (χ1) is 21.9. The number of aromatic nitrogens is 3. The number of methoxy groups -OCH3 is 1. The number of fused-ring (bicyclic) bond motifs is 6. The number of amides is 1. The van der Waals surface area contributed by atoms with Crippen LogP contribution in [0.25, 0.3) is 44.7 Å². The molecule has 9 heteroatoms. The Morgan fingerprint density at radius 3 is 2.38 bits per heavy atom. The Labute approximate surface area is 265 Å². The highest BCUT2D eigenvalue weighted by atomic mass is 79.9. The number of β-lactam (4-membered cyclic amide) rings is 1. The lowest BCUT2D eigenvalue weighted by atomic mass is 9.77. The lowest BCUT2D eigenvalue weighted by molar-refractivity contribution is -0.126. The SMILES string of the molecule is COc1nc(-c2ccc(N3C(=O)CC34c3ccccc3-c3nc5ccc(F)cc5nc34)cc2)cc(-c2ccc(Br)cc2)c1C#N. The van der Waals surface area contributed by atoms with Gasteiger partial charge in [-0.3, -0.25) is 9.69 Å². The van der Waals surface area contributed by atoms with E-state index >= 15 is 0 Å². The number of carbonyl (C=O) groups excluding carboxylic acids is 1. The molecule has 1 fully saturated rings. The van der Waals surface area contributed by atoms with E-state index in [0.717, 1.165) is 26.7 Å². The second-order valence-electron chi connectivity index (χ2n) is 11.0. The van der Waals surface area contributed by atoms with E-state index in [1.165, 1.54) is 19.2 Å². The summed E-state index contributed by atoms with van der Waals surface area (Å²) in [6.45, 7) is 0. The Morgan fingerprint density at radius 1 is 0.889 bits per heavy atom. The molecule has 2 aliphatic rings. The van der Waals surface area contributed by atoms with E-state index in [1.807, 2.05) is 78.9 Å². The van der Waals surface area contributed by atoms with Gasteiger partial charge in [-0.05, 0) is 53.6 Å². The quantitative estimate of drug-likeness (QED) is 0.180. The van der Waals surface area contributed by atoms with Crippen molar-refractivity contribution in [2.45, 2.75) is 12.0 Å². The number of nitrogens with zero attached hydrogens (tertiary/aromatic N) is 5. The van der Waals surface area contributed by atoms with Crippen LogP contribution in [0, 0.1) is 17.1 Å². The van der Waals surface area contributed by atoms with Gasteiger partial charge >= 0.3 is 0 Å². The molecule has 3 heterocycles. The highest BCUT2D eigenvalue weighted by Crippen LogP contribution is 2.57. The Morgan fingerprint density at radius 2 is 1.64 bits per heavy atom. The minimum Gasteiger partial charge on any atom is -0.480 e. The molecule has 216 valence electrons. The number of ether oxygens (including phenoxy) is 1. The Kier molecular flexibility index (Phi) is 6.05. The summed E-state index contributed by atoms with van der Waals surface area (Å²) in [5.41, 5.74) is 7.38. The van der Waals surface area contributed by atoms with Crippen molar-refractivity contribution >= 4 is 38.6 Å². The molecule has 8 rings (SSSR count). The number of rotatable bonds is 4. The van der Waals surface area contributed by atoms with Crippen LogP contribution in [0.15, 0.2) is 102 Å². The zero-order valence-electron chi connectivity index (χ0n) is 23.8. The minimum atomic E-state index is -0.858. The maximum atomic E-state index is 14.2. The summed E-state index contributed by atoms with van der Waals surface area (Å²) >= 11 is 3.47. The first-order valence-electron chi connectivity index (χ1n) is 14.2. The molecule has 1 aliphatic heterocycles. The van der Waals surface area contributed by atoms with Crippen LogP contribution in [-0.2, 0) is 10.3 Å². The van der Waals surface area contributed by atoms with Gasteiger partial charge in [-0.2, -0.15) is 5.26 Å². The second kappa shape index (κ2) is 10.0. The molecule has 1 aliphatic carbocycles. The maximum Gasteiger partial charge on any atom is 0.232 e. The van der Waals surface area contributed by atoms with Gasteiger partial charge in [-0.15, -0.1) is 0 Å². The van der Waals surface area contributed by atoms with Crippen LogP contribution in [0.1, 0.15) is 23.2 Å². The van der Waals surface area contributed by atoms with Gasteiger partial charge in [0.1, 0.15) is 23.0 Å². The van der Waals surface area contributed by atoms with E-state index in [0.29, 0.717) is 44.9 Å². The molecule has 1 atom stereocenters. The summed E-state index contributed by atoms with van der Waals surface area (Å²) in [5.74, 6) is -0.215. The van der Waals surface area contributed by atoms with E-state index in [9.17, 15) is 14.4 Å². The second-order valence-corrected chi connectivity index (χ2v) is 11.9. The smallest absolute Gasteiger partial charge is 0.232 e. The van der Waals surface area contributed by atoms with Crippen molar-refractivity contribution in [3.8, 4) is 45.6 Å². The van der Waals surface area contributed by atoms with Gasteiger partial charge in [0.05, 0.1) is 41.6 Å². The third-order valence-corrected chi connectivity index (χ3v) is 9.08. The highest BCUT2D eigenvalue weighted by molar-refractivity contribution is 9.10. The Bertz CT molecular complexity index is 2250. The van der Waals surface area contributed by atoms with E-state index < -0.39 is 11.4 Å². The fraction of sp³-hybridized carbons (Fsp3) is 0.0833. The normalized spacial score (nSPS) is 16.3. The molecule has 1 amide bonds. The number of halogens is 2. The van der Waals surface area contributed by atoms with Gasteiger partial charge in [0.25, 0.3) is 0 Å². The summed E-state index contributed by atoms with van der Waals surface area (Å²) in [5, 5.41) is 9.93. The molecule has 6 aromatic rings. The van der Waals surface area contributed by atoms with Gasteiger partial charge in [-0.25, -0.2) is 19.3 Å². The fourth-order valence-corrected chi connectivity index (χ4v) is 6.78. The van der Waals surface area contributed by atoms with E-state index in [2.05, 4.69) is 27.0 Å². The summed E-state index contributed by atoms with van der Waals surface area (Å²) in [6.07, 6.45) is 0.221. The molecule has 4 aromatic carbocycles. The number of hydrogen-bond donors (Lipinski definition) is 0. The largest absolute Gasteiger partial charge is 0.480 e. The molecule has 0 saturated carbocycles. The predicted octanol–water partition coefficient (Wildman–Crippen LogP) is 7.80. The third kappa shape index (κ3) is 3.99. The molecule has 0 N–H and O–H groups in total. The zero-order chi connectivity index (χ0) is 30.9. The lowest BCUT2D eigenvalue weighted by Crippen LogP contribution is -2.61. The number of anilines is 1. The van der Waals surface area contributed by atoms with Crippen molar-refractivity contribution in [1.29, 1.82) is 5.26 Å². The summed E-state index contributed by atoms with van der Waals surface area (Å²) in [6, 6.07) is 31.6. The van der Waals surface area contributed by atoms with Gasteiger partial charge in [-0.1, -0.05) is 64.5 Å². The average molecular weight is 654 g/mol. The topological polar surface area (TPSA) is 92.0 Å². The molecular formula is C36H21BrFN5O2. The van der Waals surface area contributed by atoms with Crippen molar-refractivity contribution in [2.75, 3.05) is 12.0 Å². The van der Waals surface area contributed by atoms with Gasteiger partial charge in [0.2, 0.25) is 11.8 Å². The van der Waals surface area contributed by atoms with E-state index in [4.69, 9.17) is 14.7 Å². The number of hydrogen-bond acceptors (Lipinski definition) is 6. The first-order valence-corrected chi connectivity index (χ1v) is 15.0. The van der Waals surface area contributed by atoms with Crippen molar-refractivity contribution in [3.05, 3.63) is 124 Å². The standard InChI is InChI=1S/C36H21BrFN5O2/c1-45-35-27(19-39)26(20-6-10-22(37)11-7-20)17-30(42-35)21-8-13-24(14-9-21)43-32(44)18-36(43)28-5-3-2-4-25(28)33-34(36)41-31-16-23(38)12-15-29(31)40-33/h2-17H,18H2,1H3. The van der Waals surface area contributed by atoms with Crippen LogP contribution in [-0.4, -0.2) is 28.0 Å². The van der Waals surface area contributed by atoms with Crippen molar-refractivity contribution in [1.82, 2.24) is 15.0 Å². The number of benzene rings is 4. The first kappa shape index (κ1) is 27.1. The molecule has 7 nitrogen and oxygen atoms in total. The number of carbonyl (C=O) groups is 1. The van der Waals surface area contributed by atoms with E-state index in [1.54, 1.807) is 11.0 Å². The Hall–Kier alpha value is -5.46. The monoisotopic (exact) mass is 653 g/mol. The average Bonchev–Trinajstić information content (AvgIpc) is 3.34. The molecule has 1 saturated heterocycles. The van der Waals surface area contributed by atoms with Crippen molar-refractivity contribution in [3.63, 3.8) is 0 Å². The molecule has 0 radical (unpaired) electrons. The van der Waals surface area contributed by atoms with Gasteiger partial charge in [0.15, 0.2) is 0 Å². The molecule has 1 unspecified atom stereocenters. The zero-order valence-corrected chi connectivity index (χ0v) is 25.3. The van der Waals surface area contributed by atoms with Gasteiger partial charge < -0.3 is 4.74 Å². The third-order valence-electron chi connectivity index (χ3n) is 8.55. The summed E-state index contributed by atoms with van der Waals surface area (Å²) in [7, 11) is 1.49. The summed E-state index contributed by atoms with van der Waals surface area (Å²) < 4.78 is 20.6. The number of nitriles is 1. The van der Waals surface area contributed by atoms with Crippen LogP contribution >= 0.6 is 15.9 Å². The molecule has 45 heavy (non-hydrogen) atoms. The Balaban J connectivity index is 1.23. The van der Waals surface area contributed by atoms with Crippen molar-refractivity contribution < 1.29 is 13.9 Å². The van der Waals surface area contributed by atoms with Crippen molar-refractivity contribution in [2.24, 2.45) is 0 Å². The lowest BCUT2D eigenvalue weighted by Gasteiger charge is -2.50. The minimum absolute atomic E-state index is 0.0535. The van der Waals surface area contributed by atoms with Crippen LogP contribution in [0.4, 0.5) is 10.1 Å². The maximum absolute atomic E-state index is 14.2. The van der Waals surface area contributed by atoms with Crippen LogP contribution in [0.5, 0.6) is 5.88 Å². The van der Waals surface area contributed by atoms with Crippen LogP contribution in [0.2, 0.25) is 0 Å². The fourth-order valence-electron chi connectivity index (χ4n) is 6.51. The van der Waals surface area contributed by atoms with Crippen LogP contribution < -0.4 is 9.64 Å². The molecule has 2 aromatic heterocycles. The number of pyridine rings is 1. The molecular weight excluding hydrogens is 633 g/mol. The van der Waals surface area contributed by atoms with Crippen LogP contribution in [0.3, 0.4) is 0 Å². The molecule has 0 bridgehead atoms. The van der Waals surface area contributed by atoms with Gasteiger partial charge in [0, 0.05) is 32.9 Å². The predicted molar refractivity (Wildman–Crippen MR) is 172 cm³/mol. The molecule has 1 spiro atoms. The van der Waals surface area contributed by atoms with E-state index in [-0.39, 0.29) is 18.2 Å². The summed E-state index contributed by atoms with van der Waals surface area (Å²) in [4.78, 5) is 29.6.